The number of Topliss-reactive ketones (excluding diaryl/α,β-unsaturated/α-hetero) is 1. The predicted molar refractivity (Wildman–Crippen MR) is 73.9 cm³/mol. The van der Waals surface area contributed by atoms with Gasteiger partial charge in [0.15, 0.2) is 0 Å². The lowest BCUT2D eigenvalue weighted by atomic mass is 10.1. The summed E-state index contributed by atoms with van der Waals surface area (Å²) in [6.45, 7) is 0.589. The van der Waals surface area contributed by atoms with Crippen LogP contribution in [0.15, 0.2) is 22.7 Å². The maximum Gasteiger partial charge on any atom is 0.299 e. The van der Waals surface area contributed by atoms with E-state index in [9.17, 15) is 9.59 Å². The number of carbonyl (C=O) groups is 2. The first-order chi connectivity index (χ1) is 8.16. The summed E-state index contributed by atoms with van der Waals surface area (Å²) >= 11 is 6.75. The van der Waals surface area contributed by atoms with Gasteiger partial charge in [-0.2, -0.15) is 0 Å². The normalized spacial score (nSPS) is 14.4. The fraction of sp³-hybridized carbons (Fsp3) is 0.333. The molecule has 1 aliphatic rings. The Labute approximate surface area is 116 Å². The van der Waals surface area contributed by atoms with Crippen molar-refractivity contribution in [1.29, 1.82) is 0 Å². The summed E-state index contributed by atoms with van der Waals surface area (Å²) in [6.07, 6.45) is 1.86. The van der Waals surface area contributed by atoms with Crippen LogP contribution >= 0.6 is 31.9 Å². The van der Waals surface area contributed by atoms with Crippen LogP contribution < -0.4 is 4.90 Å². The number of alkyl halides is 1. The maximum atomic E-state index is 11.9. The highest BCUT2D eigenvalue weighted by molar-refractivity contribution is 9.10. The Morgan fingerprint density at radius 3 is 2.65 bits per heavy atom. The second-order valence-corrected chi connectivity index (χ2v) is 5.47. The van der Waals surface area contributed by atoms with E-state index in [1.807, 2.05) is 6.07 Å². The smallest absolute Gasteiger partial charge is 0.299 e. The van der Waals surface area contributed by atoms with E-state index in [1.54, 1.807) is 17.0 Å². The first-order valence-corrected chi connectivity index (χ1v) is 7.29. The third kappa shape index (κ3) is 2.31. The zero-order valence-corrected chi connectivity index (χ0v) is 12.3. The minimum atomic E-state index is -0.415. The second kappa shape index (κ2) is 5.31. The van der Waals surface area contributed by atoms with E-state index < -0.39 is 11.7 Å². The van der Waals surface area contributed by atoms with Gasteiger partial charge in [0, 0.05) is 16.3 Å². The van der Waals surface area contributed by atoms with Crippen LogP contribution in [0.3, 0.4) is 0 Å². The summed E-state index contributed by atoms with van der Waals surface area (Å²) < 4.78 is 0.799. The molecule has 1 aliphatic heterocycles. The largest absolute Gasteiger partial charge is 0.304 e. The third-order valence-corrected chi connectivity index (χ3v) is 3.91. The highest BCUT2D eigenvalue weighted by Gasteiger charge is 2.36. The molecule has 0 spiro atoms. The number of carbonyl (C=O) groups excluding carboxylic acids is 2. The van der Waals surface area contributed by atoms with Crippen LogP contribution in [0.1, 0.15) is 23.2 Å². The van der Waals surface area contributed by atoms with E-state index in [0.717, 1.165) is 28.3 Å². The number of hydrogen-bond donors (Lipinski definition) is 0. The lowest BCUT2D eigenvalue weighted by Gasteiger charge is -2.17. The first-order valence-electron chi connectivity index (χ1n) is 5.37. The Morgan fingerprint density at radius 1 is 1.18 bits per heavy atom. The first kappa shape index (κ1) is 12.8. The van der Waals surface area contributed by atoms with Crippen LogP contribution in [-0.2, 0) is 4.79 Å². The quantitative estimate of drug-likeness (QED) is 0.470. The van der Waals surface area contributed by atoms with E-state index in [2.05, 4.69) is 31.9 Å². The SMILES string of the molecule is O=C1C(=O)N(CCCCBr)c2c(Br)cccc21. The standard InChI is InChI=1S/C12H11Br2NO2/c13-6-1-2-7-15-10-8(11(16)12(15)17)4-3-5-9(10)14/h3-5H,1-2,6-7H2. The lowest BCUT2D eigenvalue weighted by Crippen LogP contribution is -2.30. The molecule has 1 amide bonds. The molecule has 1 aromatic rings. The number of hydrogen-bond acceptors (Lipinski definition) is 2. The van der Waals surface area contributed by atoms with Gasteiger partial charge in [0.2, 0.25) is 0 Å². The number of para-hydroxylation sites is 1. The highest BCUT2D eigenvalue weighted by atomic mass is 79.9. The summed E-state index contributed by atoms with van der Waals surface area (Å²) in [5.74, 6) is -0.818. The van der Waals surface area contributed by atoms with Gasteiger partial charge in [0.05, 0.1) is 11.3 Å². The van der Waals surface area contributed by atoms with Crippen LogP contribution in [-0.4, -0.2) is 23.6 Å². The predicted octanol–water partition coefficient (Wildman–Crippen LogP) is 3.15. The Balaban J connectivity index is 2.30. The molecule has 2 rings (SSSR count). The molecule has 0 radical (unpaired) electrons. The van der Waals surface area contributed by atoms with Crippen LogP contribution in [0.2, 0.25) is 0 Å². The fourth-order valence-electron chi connectivity index (χ4n) is 1.89. The van der Waals surface area contributed by atoms with Gasteiger partial charge in [0.25, 0.3) is 11.7 Å². The molecule has 0 atom stereocenters. The zero-order chi connectivity index (χ0) is 12.4. The van der Waals surface area contributed by atoms with Crippen molar-refractivity contribution in [1.82, 2.24) is 0 Å². The van der Waals surface area contributed by atoms with E-state index in [-0.39, 0.29) is 0 Å². The number of halogens is 2. The number of benzene rings is 1. The molecular formula is C12H11Br2NO2. The van der Waals surface area contributed by atoms with Gasteiger partial charge in [-0.05, 0) is 40.9 Å². The van der Waals surface area contributed by atoms with Crippen LogP contribution in [0, 0.1) is 0 Å². The lowest BCUT2D eigenvalue weighted by molar-refractivity contribution is -0.114. The minimum absolute atomic E-state index is 0.403. The van der Waals surface area contributed by atoms with Crippen LogP contribution in [0.5, 0.6) is 0 Å². The molecule has 0 aliphatic carbocycles. The number of unbranched alkanes of at least 4 members (excludes halogenated alkanes) is 1. The molecular weight excluding hydrogens is 350 g/mol. The van der Waals surface area contributed by atoms with Crippen molar-refractivity contribution in [3.8, 4) is 0 Å². The molecule has 0 saturated heterocycles. The van der Waals surface area contributed by atoms with E-state index >= 15 is 0 Å². The average Bonchev–Trinajstić information content (AvgIpc) is 2.56. The average molecular weight is 361 g/mol. The molecule has 3 nitrogen and oxygen atoms in total. The summed E-state index contributed by atoms with van der Waals surface area (Å²) in [4.78, 5) is 25.2. The zero-order valence-electron chi connectivity index (χ0n) is 9.08. The number of amides is 1. The second-order valence-electron chi connectivity index (χ2n) is 3.82. The summed E-state index contributed by atoms with van der Waals surface area (Å²) in [5, 5.41) is 0.909. The fourth-order valence-corrected chi connectivity index (χ4v) is 2.87. The Bertz CT molecular complexity index is 474. The summed E-state index contributed by atoms with van der Waals surface area (Å²) in [6, 6.07) is 5.32. The molecule has 0 aromatic heterocycles. The van der Waals surface area contributed by atoms with E-state index in [1.165, 1.54) is 0 Å². The van der Waals surface area contributed by atoms with Crippen molar-refractivity contribution in [2.75, 3.05) is 16.8 Å². The van der Waals surface area contributed by atoms with Crippen molar-refractivity contribution in [2.24, 2.45) is 0 Å². The maximum absolute atomic E-state index is 11.9. The van der Waals surface area contributed by atoms with Crippen molar-refractivity contribution >= 4 is 49.2 Å². The number of fused-ring (bicyclic) bond motifs is 1. The molecule has 0 bridgehead atoms. The third-order valence-electron chi connectivity index (χ3n) is 2.71. The highest BCUT2D eigenvalue weighted by Crippen LogP contribution is 2.35. The Morgan fingerprint density at radius 2 is 1.94 bits per heavy atom. The molecule has 0 fully saturated rings. The van der Waals surface area contributed by atoms with Gasteiger partial charge < -0.3 is 4.90 Å². The summed E-state index contributed by atoms with van der Waals surface area (Å²) in [7, 11) is 0. The number of ketones is 1. The monoisotopic (exact) mass is 359 g/mol. The van der Waals surface area contributed by atoms with Gasteiger partial charge in [-0.15, -0.1) is 0 Å². The number of anilines is 1. The number of rotatable bonds is 4. The van der Waals surface area contributed by atoms with Gasteiger partial charge in [0.1, 0.15) is 0 Å². The molecule has 1 aromatic carbocycles. The van der Waals surface area contributed by atoms with Crippen LogP contribution in [0.25, 0.3) is 0 Å². The molecule has 0 unspecified atom stereocenters. The van der Waals surface area contributed by atoms with Crippen molar-refractivity contribution in [3.63, 3.8) is 0 Å². The molecule has 17 heavy (non-hydrogen) atoms. The molecule has 0 saturated carbocycles. The Kier molecular flexibility index (Phi) is 3.99. The van der Waals surface area contributed by atoms with Gasteiger partial charge in [-0.1, -0.05) is 22.0 Å². The van der Waals surface area contributed by atoms with Gasteiger partial charge in [-0.25, -0.2) is 0 Å². The van der Waals surface area contributed by atoms with Gasteiger partial charge >= 0.3 is 0 Å². The molecule has 5 heteroatoms. The van der Waals surface area contributed by atoms with E-state index in [0.29, 0.717) is 12.1 Å². The molecule has 1 heterocycles. The molecule has 0 N–H and O–H groups in total. The van der Waals surface area contributed by atoms with E-state index in [4.69, 9.17) is 0 Å². The Hall–Kier alpha value is -0.680. The number of nitrogens with zero attached hydrogens (tertiary/aromatic N) is 1. The van der Waals surface area contributed by atoms with Gasteiger partial charge in [-0.3, -0.25) is 9.59 Å². The van der Waals surface area contributed by atoms with Crippen molar-refractivity contribution in [2.45, 2.75) is 12.8 Å². The van der Waals surface area contributed by atoms with Crippen molar-refractivity contribution < 1.29 is 9.59 Å². The molecule has 90 valence electrons. The van der Waals surface area contributed by atoms with Crippen molar-refractivity contribution in [3.05, 3.63) is 28.2 Å². The minimum Gasteiger partial charge on any atom is -0.304 e. The van der Waals surface area contributed by atoms with Crippen LogP contribution in [0.4, 0.5) is 5.69 Å². The summed E-state index contributed by atoms with van der Waals surface area (Å²) in [5.41, 5.74) is 1.22. The topological polar surface area (TPSA) is 37.4 Å².